The highest BCUT2D eigenvalue weighted by molar-refractivity contribution is 8.00. The molecule has 0 aromatic heterocycles. The first-order valence-electron chi connectivity index (χ1n) is 5.25. The monoisotopic (exact) mass is 258 g/mol. The predicted molar refractivity (Wildman–Crippen MR) is 65.6 cm³/mol. The van der Waals surface area contributed by atoms with E-state index in [-0.39, 0.29) is 16.1 Å². The van der Waals surface area contributed by atoms with Crippen LogP contribution in [0.2, 0.25) is 5.02 Å². The lowest BCUT2D eigenvalue weighted by molar-refractivity contribution is -0.117. The second kappa shape index (κ2) is 5.19. The molecule has 1 nitrogen and oxygen atoms in total. The molecule has 1 aromatic rings. The van der Waals surface area contributed by atoms with E-state index in [9.17, 15) is 9.18 Å². The normalized spacial score (nSPS) is 20.0. The molecule has 1 atom stereocenters. The van der Waals surface area contributed by atoms with Crippen LogP contribution in [0.4, 0.5) is 4.39 Å². The highest BCUT2D eigenvalue weighted by Crippen LogP contribution is 2.28. The molecule has 0 N–H and O–H groups in total. The van der Waals surface area contributed by atoms with Gasteiger partial charge in [0.1, 0.15) is 11.6 Å². The van der Waals surface area contributed by atoms with Gasteiger partial charge in [-0.15, -0.1) is 0 Å². The zero-order chi connectivity index (χ0) is 11.5. The van der Waals surface area contributed by atoms with Gasteiger partial charge in [-0.25, -0.2) is 4.39 Å². The van der Waals surface area contributed by atoms with E-state index < -0.39 is 5.82 Å². The third kappa shape index (κ3) is 2.77. The maximum atomic E-state index is 13.2. The van der Waals surface area contributed by atoms with Crippen LogP contribution in [0.3, 0.4) is 0 Å². The molecular formula is C12H12ClFOS. The molecule has 1 unspecified atom stereocenters. The van der Waals surface area contributed by atoms with Crippen molar-refractivity contribution in [3.8, 4) is 0 Å². The minimum atomic E-state index is -0.453. The Labute approximate surface area is 103 Å². The van der Waals surface area contributed by atoms with Crippen LogP contribution in [0.15, 0.2) is 18.2 Å². The Morgan fingerprint density at radius 3 is 3.00 bits per heavy atom. The standard InChI is InChI=1S/C12H12ClFOS/c13-9-4-3-8(6-10(9)14)7-11(15)12-2-1-5-16-12/h3-4,6,12H,1-2,5,7H2. The lowest BCUT2D eigenvalue weighted by Gasteiger charge is -2.07. The number of ketones is 1. The van der Waals surface area contributed by atoms with Crippen LogP contribution in [0.5, 0.6) is 0 Å². The zero-order valence-corrected chi connectivity index (χ0v) is 10.3. The number of carbonyl (C=O) groups excluding carboxylic acids is 1. The summed E-state index contributed by atoms with van der Waals surface area (Å²) in [6, 6.07) is 4.56. The second-order valence-electron chi connectivity index (χ2n) is 3.89. The van der Waals surface area contributed by atoms with Crippen LogP contribution >= 0.6 is 23.4 Å². The average Bonchev–Trinajstić information content (AvgIpc) is 2.77. The van der Waals surface area contributed by atoms with Crippen molar-refractivity contribution in [1.29, 1.82) is 0 Å². The molecule has 1 heterocycles. The molecule has 0 spiro atoms. The Bertz CT molecular complexity index is 402. The number of halogens is 2. The zero-order valence-electron chi connectivity index (χ0n) is 8.71. The van der Waals surface area contributed by atoms with E-state index in [1.807, 2.05) is 0 Å². The van der Waals surface area contributed by atoms with Gasteiger partial charge in [0.15, 0.2) is 0 Å². The quantitative estimate of drug-likeness (QED) is 0.826. The number of Topliss-reactive ketones (excluding diaryl/α,β-unsaturated/α-hetero) is 1. The van der Waals surface area contributed by atoms with Crippen LogP contribution in [0, 0.1) is 5.82 Å². The smallest absolute Gasteiger partial charge is 0.150 e. The molecule has 86 valence electrons. The first-order chi connectivity index (χ1) is 7.66. The van der Waals surface area contributed by atoms with Gasteiger partial charge in [0.25, 0.3) is 0 Å². The van der Waals surface area contributed by atoms with E-state index in [4.69, 9.17) is 11.6 Å². The fraction of sp³-hybridized carbons (Fsp3) is 0.417. The molecule has 16 heavy (non-hydrogen) atoms. The van der Waals surface area contributed by atoms with Crippen LogP contribution in [0.25, 0.3) is 0 Å². The molecule has 4 heteroatoms. The van der Waals surface area contributed by atoms with Gasteiger partial charge in [-0.1, -0.05) is 17.7 Å². The van der Waals surface area contributed by atoms with Gasteiger partial charge in [-0.3, -0.25) is 4.79 Å². The van der Waals surface area contributed by atoms with E-state index >= 15 is 0 Å². The van der Waals surface area contributed by atoms with E-state index in [2.05, 4.69) is 0 Å². The number of hydrogen-bond acceptors (Lipinski definition) is 2. The summed E-state index contributed by atoms with van der Waals surface area (Å²) in [5, 5.41) is 0.213. The van der Waals surface area contributed by atoms with E-state index in [0.29, 0.717) is 12.0 Å². The van der Waals surface area contributed by atoms with Crippen molar-refractivity contribution in [2.75, 3.05) is 5.75 Å². The van der Waals surface area contributed by atoms with Crippen molar-refractivity contribution >= 4 is 29.1 Å². The highest BCUT2D eigenvalue weighted by Gasteiger charge is 2.23. The largest absolute Gasteiger partial charge is 0.298 e. The lowest BCUT2D eigenvalue weighted by atomic mass is 10.0. The number of rotatable bonds is 3. The molecule has 0 saturated carbocycles. The van der Waals surface area contributed by atoms with E-state index in [1.165, 1.54) is 12.1 Å². The Kier molecular flexibility index (Phi) is 3.87. The molecule has 1 aliphatic rings. The molecule has 1 aliphatic heterocycles. The van der Waals surface area contributed by atoms with Gasteiger partial charge in [0.2, 0.25) is 0 Å². The summed E-state index contributed by atoms with van der Waals surface area (Å²) in [6.45, 7) is 0. The number of benzene rings is 1. The van der Waals surface area contributed by atoms with E-state index in [0.717, 1.165) is 18.6 Å². The maximum Gasteiger partial charge on any atom is 0.150 e. The fourth-order valence-corrected chi connectivity index (χ4v) is 3.13. The molecule has 2 rings (SSSR count). The Morgan fingerprint density at radius 1 is 1.56 bits per heavy atom. The fourth-order valence-electron chi connectivity index (χ4n) is 1.80. The van der Waals surface area contributed by atoms with Crippen molar-refractivity contribution in [3.05, 3.63) is 34.6 Å². The molecule has 0 amide bonds. The molecule has 0 aliphatic carbocycles. The Morgan fingerprint density at radius 2 is 2.38 bits per heavy atom. The van der Waals surface area contributed by atoms with Crippen LogP contribution in [-0.4, -0.2) is 16.8 Å². The van der Waals surface area contributed by atoms with Crippen molar-refractivity contribution in [2.45, 2.75) is 24.5 Å². The molecule has 1 saturated heterocycles. The first kappa shape index (κ1) is 11.9. The average molecular weight is 259 g/mol. The van der Waals surface area contributed by atoms with Crippen molar-refractivity contribution in [2.24, 2.45) is 0 Å². The van der Waals surface area contributed by atoms with Gasteiger partial charge in [0.05, 0.1) is 10.3 Å². The van der Waals surface area contributed by atoms with Gasteiger partial charge in [-0.05, 0) is 36.3 Å². The van der Waals surface area contributed by atoms with Gasteiger partial charge in [0, 0.05) is 6.42 Å². The molecule has 0 radical (unpaired) electrons. The third-order valence-electron chi connectivity index (χ3n) is 2.65. The minimum Gasteiger partial charge on any atom is -0.298 e. The summed E-state index contributed by atoms with van der Waals surface area (Å²) in [7, 11) is 0. The number of carbonyl (C=O) groups is 1. The van der Waals surface area contributed by atoms with Gasteiger partial charge >= 0.3 is 0 Å². The maximum absolute atomic E-state index is 13.2. The van der Waals surface area contributed by atoms with Crippen LogP contribution in [0.1, 0.15) is 18.4 Å². The SMILES string of the molecule is O=C(Cc1ccc(Cl)c(F)c1)C1CCCS1. The predicted octanol–water partition coefficient (Wildman–Crippen LogP) is 3.49. The summed E-state index contributed by atoms with van der Waals surface area (Å²) in [5.41, 5.74) is 0.708. The molecule has 1 aromatic carbocycles. The lowest BCUT2D eigenvalue weighted by Crippen LogP contribution is -2.16. The summed E-state index contributed by atoms with van der Waals surface area (Å²) in [4.78, 5) is 11.8. The van der Waals surface area contributed by atoms with Crippen molar-refractivity contribution in [1.82, 2.24) is 0 Å². The number of hydrogen-bond donors (Lipinski definition) is 0. The summed E-state index contributed by atoms with van der Waals surface area (Å²) in [5.74, 6) is 0.807. The first-order valence-corrected chi connectivity index (χ1v) is 6.68. The molecular weight excluding hydrogens is 247 g/mol. The van der Waals surface area contributed by atoms with E-state index in [1.54, 1.807) is 17.8 Å². The molecule has 1 fully saturated rings. The summed E-state index contributed by atoms with van der Waals surface area (Å²) < 4.78 is 13.2. The van der Waals surface area contributed by atoms with Crippen molar-refractivity contribution in [3.63, 3.8) is 0 Å². The summed E-state index contributed by atoms with van der Waals surface area (Å²) in [6.07, 6.45) is 2.38. The van der Waals surface area contributed by atoms with Gasteiger partial charge in [-0.2, -0.15) is 11.8 Å². The van der Waals surface area contributed by atoms with Crippen LogP contribution < -0.4 is 0 Å². The van der Waals surface area contributed by atoms with Crippen molar-refractivity contribution < 1.29 is 9.18 Å². The second-order valence-corrected chi connectivity index (χ2v) is 5.61. The number of thioether (sulfide) groups is 1. The minimum absolute atomic E-state index is 0.103. The van der Waals surface area contributed by atoms with Crippen LogP contribution in [-0.2, 0) is 11.2 Å². The molecule has 0 bridgehead atoms. The Hall–Kier alpha value is -0.540. The topological polar surface area (TPSA) is 17.1 Å². The summed E-state index contributed by atoms with van der Waals surface area (Å²) >= 11 is 7.29. The third-order valence-corrected chi connectivity index (χ3v) is 4.38. The Balaban J connectivity index is 2.02. The van der Waals surface area contributed by atoms with Gasteiger partial charge < -0.3 is 0 Å². The highest BCUT2D eigenvalue weighted by atomic mass is 35.5.